The SMILES string of the molecule is N#Cc1ccc(OC2CS(=O)(=O)C2)c(Cl)c1. The Balaban J connectivity index is 2.09. The first-order valence-corrected chi connectivity index (χ1v) is 6.77. The summed E-state index contributed by atoms with van der Waals surface area (Å²) in [5.41, 5.74) is 0.443. The summed E-state index contributed by atoms with van der Waals surface area (Å²) >= 11 is 5.88. The van der Waals surface area contributed by atoms with Gasteiger partial charge in [-0.15, -0.1) is 0 Å². The molecule has 16 heavy (non-hydrogen) atoms. The summed E-state index contributed by atoms with van der Waals surface area (Å²) in [7, 11) is -2.90. The van der Waals surface area contributed by atoms with Gasteiger partial charge >= 0.3 is 0 Å². The van der Waals surface area contributed by atoms with Crippen LogP contribution in [-0.4, -0.2) is 26.0 Å². The minimum absolute atomic E-state index is 0.0311. The van der Waals surface area contributed by atoms with Gasteiger partial charge in [0, 0.05) is 0 Å². The van der Waals surface area contributed by atoms with Crippen LogP contribution >= 0.6 is 11.6 Å². The van der Waals surface area contributed by atoms with Crippen molar-refractivity contribution in [2.24, 2.45) is 0 Å². The molecule has 0 spiro atoms. The fourth-order valence-corrected chi connectivity index (χ4v) is 2.83. The lowest BCUT2D eigenvalue weighted by Gasteiger charge is -2.26. The molecule has 1 aliphatic heterocycles. The van der Waals surface area contributed by atoms with Gasteiger partial charge in [0.25, 0.3) is 0 Å². The van der Waals surface area contributed by atoms with E-state index in [4.69, 9.17) is 21.6 Å². The molecule has 2 rings (SSSR count). The summed E-state index contributed by atoms with van der Waals surface area (Å²) in [6.07, 6.45) is -0.324. The van der Waals surface area contributed by atoms with Crippen LogP contribution in [0.1, 0.15) is 5.56 Å². The Hall–Kier alpha value is -1.25. The van der Waals surface area contributed by atoms with E-state index in [1.54, 1.807) is 12.1 Å². The third kappa shape index (κ3) is 2.29. The van der Waals surface area contributed by atoms with Gasteiger partial charge in [-0.1, -0.05) is 11.6 Å². The topological polar surface area (TPSA) is 67.2 Å². The van der Waals surface area contributed by atoms with Crippen LogP contribution < -0.4 is 4.74 Å². The molecular weight excluding hydrogens is 250 g/mol. The molecule has 0 saturated carbocycles. The maximum Gasteiger partial charge on any atom is 0.157 e. The van der Waals surface area contributed by atoms with Gasteiger partial charge < -0.3 is 4.74 Å². The molecule has 0 bridgehead atoms. The molecule has 1 aromatic rings. The van der Waals surface area contributed by atoms with E-state index in [-0.39, 0.29) is 17.6 Å². The van der Waals surface area contributed by atoms with Crippen molar-refractivity contribution in [2.45, 2.75) is 6.10 Å². The Morgan fingerprint density at radius 1 is 1.44 bits per heavy atom. The summed E-state index contributed by atoms with van der Waals surface area (Å²) in [6.45, 7) is 0. The molecule has 0 atom stereocenters. The summed E-state index contributed by atoms with van der Waals surface area (Å²) in [4.78, 5) is 0. The molecule has 1 aromatic carbocycles. The lowest BCUT2D eigenvalue weighted by Crippen LogP contribution is -2.45. The number of rotatable bonds is 2. The molecule has 0 amide bonds. The number of nitrogens with zero attached hydrogens (tertiary/aromatic N) is 1. The molecular formula is C10H8ClNO3S. The first-order chi connectivity index (χ1) is 7.50. The van der Waals surface area contributed by atoms with Crippen molar-refractivity contribution in [2.75, 3.05) is 11.5 Å². The number of benzene rings is 1. The number of halogens is 1. The molecule has 0 aromatic heterocycles. The molecule has 0 aliphatic carbocycles. The number of sulfone groups is 1. The van der Waals surface area contributed by atoms with E-state index in [1.807, 2.05) is 6.07 Å². The number of nitriles is 1. The Morgan fingerprint density at radius 2 is 2.12 bits per heavy atom. The monoisotopic (exact) mass is 257 g/mol. The zero-order valence-corrected chi connectivity index (χ0v) is 9.75. The highest BCUT2D eigenvalue weighted by Crippen LogP contribution is 2.28. The minimum atomic E-state index is -2.90. The largest absolute Gasteiger partial charge is 0.487 e. The van der Waals surface area contributed by atoms with Crippen LogP contribution in [0, 0.1) is 11.3 Å². The fraction of sp³-hybridized carbons (Fsp3) is 0.300. The Labute approximate surface area is 98.3 Å². The highest BCUT2D eigenvalue weighted by molar-refractivity contribution is 7.92. The summed E-state index contributed by atoms with van der Waals surface area (Å²) in [6, 6.07) is 6.60. The summed E-state index contributed by atoms with van der Waals surface area (Å²) in [5, 5.41) is 8.95. The second kappa shape index (κ2) is 3.96. The van der Waals surface area contributed by atoms with Crippen LogP contribution in [0.2, 0.25) is 5.02 Å². The van der Waals surface area contributed by atoms with E-state index >= 15 is 0 Å². The van der Waals surface area contributed by atoms with Crippen molar-refractivity contribution < 1.29 is 13.2 Å². The van der Waals surface area contributed by atoms with Gasteiger partial charge in [0.2, 0.25) is 0 Å². The molecule has 4 nitrogen and oxygen atoms in total. The van der Waals surface area contributed by atoms with Crippen molar-refractivity contribution >= 4 is 21.4 Å². The molecule has 6 heteroatoms. The number of ether oxygens (including phenoxy) is 1. The van der Waals surface area contributed by atoms with Gasteiger partial charge in [0.15, 0.2) is 9.84 Å². The maximum atomic E-state index is 10.9. The zero-order valence-electron chi connectivity index (χ0n) is 8.18. The van der Waals surface area contributed by atoms with Gasteiger partial charge in [0.05, 0.1) is 28.2 Å². The molecule has 84 valence electrons. The third-order valence-corrected chi connectivity index (χ3v) is 4.29. The lowest BCUT2D eigenvalue weighted by atomic mass is 10.2. The zero-order chi connectivity index (χ0) is 11.8. The average Bonchev–Trinajstić information content (AvgIpc) is 2.18. The predicted molar refractivity (Wildman–Crippen MR) is 59.2 cm³/mol. The van der Waals surface area contributed by atoms with Crippen LogP contribution in [-0.2, 0) is 9.84 Å². The van der Waals surface area contributed by atoms with Crippen molar-refractivity contribution in [1.29, 1.82) is 5.26 Å². The molecule has 0 radical (unpaired) electrons. The highest BCUT2D eigenvalue weighted by Gasteiger charge is 2.35. The van der Waals surface area contributed by atoms with Crippen molar-refractivity contribution in [1.82, 2.24) is 0 Å². The van der Waals surface area contributed by atoms with Crippen LogP contribution in [0.5, 0.6) is 5.75 Å². The summed E-state index contributed by atoms with van der Waals surface area (Å²) in [5.74, 6) is 0.479. The normalized spacial score (nSPS) is 18.5. The van der Waals surface area contributed by atoms with Crippen LogP contribution in [0.25, 0.3) is 0 Å². The van der Waals surface area contributed by atoms with Gasteiger partial charge in [-0.2, -0.15) is 5.26 Å². The van der Waals surface area contributed by atoms with Crippen molar-refractivity contribution in [3.63, 3.8) is 0 Å². The first-order valence-electron chi connectivity index (χ1n) is 4.57. The third-order valence-electron chi connectivity index (χ3n) is 2.23. The first kappa shape index (κ1) is 11.2. The van der Waals surface area contributed by atoms with Crippen molar-refractivity contribution in [3.05, 3.63) is 28.8 Å². The van der Waals surface area contributed by atoms with E-state index in [0.29, 0.717) is 16.3 Å². The molecule has 1 heterocycles. The van der Waals surface area contributed by atoms with E-state index in [9.17, 15) is 8.42 Å². The molecule has 0 unspecified atom stereocenters. The summed E-state index contributed by atoms with van der Waals surface area (Å²) < 4.78 is 27.2. The van der Waals surface area contributed by atoms with Crippen LogP contribution in [0.15, 0.2) is 18.2 Å². The van der Waals surface area contributed by atoms with E-state index in [0.717, 1.165) is 0 Å². The van der Waals surface area contributed by atoms with Gasteiger partial charge in [-0.05, 0) is 18.2 Å². The van der Waals surface area contributed by atoms with E-state index in [1.165, 1.54) is 6.07 Å². The van der Waals surface area contributed by atoms with Crippen molar-refractivity contribution in [3.8, 4) is 11.8 Å². The maximum absolute atomic E-state index is 10.9. The standard InChI is InChI=1S/C10H8ClNO3S/c11-9-3-7(4-12)1-2-10(9)15-8-5-16(13,14)6-8/h1-3,8H,5-6H2. The minimum Gasteiger partial charge on any atom is -0.487 e. The van der Waals surface area contributed by atoms with E-state index < -0.39 is 9.84 Å². The van der Waals surface area contributed by atoms with Crippen LogP contribution in [0.3, 0.4) is 0 Å². The Morgan fingerprint density at radius 3 is 2.62 bits per heavy atom. The van der Waals surface area contributed by atoms with Gasteiger partial charge in [-0.25, -0.2) is 8.42 Å². The number of hydrogen-bond donors (Lipinski definition) is 0. The van der Waals surface area contributed by atoms with Crippen LogP contribution in [0.4, 0.5) is 0 Å². The highest BCUT2D eigenvalue weighted by atomic mass is 35.5. The Kier molecular flexibility index (Phi) is 2.78. The van der Waals surface area contributed by atoms with Gasteiger partial charge in [-0.3, -0.25) is 0 Å². The second-order valence-corrected chi connectivity index (χ2v) is 6.13. The van der Waals surface area contributed by atoms with E-state index in [2.05, 4.69) is 0 Å². The Bertz CT molecular complexity index is 550. The second-order valence-electron chi connectivity index (χ2n) is 3.57. The smallest absolute Gasteiger partial charge is 0.157 e. The molecule has 1 aliphatic rings. The lowest BCUT2D eigenvalue weighted by molar-refractivity contribution is 0.230. The fourth-order valence-electron chi connectivity index (χ4n) is 1.43. The van der Waals surface area contributed by atoms with Gasteiger partial charge in [0.1, 0.15) is 11.9 Å². The average molecular weight is 258 g/mol. The molecule has 1 saturated heterocycles. The molecule has 1 fully saturated rings. The predicted octanol–water partition coefficient (Wildman–Crippen LogP) is 1.39. The quantitative estimate of drug-likeness (QED) is 0.803. The number of hydrogen-bond acceptors (Lipinski definition) is 4. The molecule has 0 N–H and O–H groups in total.